The van der Waals surface area contributed by atoms with Crippen LogP contribution in [0.1, 0.15) is 17.2 Å². The molecular formula is C16H16N6O3. The normalized spacial score (nSPS) is 20.2. The Morgan fingerprint density at radius 2 is 1.92 bits per heavy atom. The Morgan fingerprint density at radius 1 is 1.12 bits per heavy atom. The first-order chi connectivity index (χ1) is 12.1. The Labute approximate surface area is 143 Å². The summed E-state index contributed by atoms with van der Waals surface area (Å²) in [6.45, 7) is 0. The summed E-state index contributed by atoms with van der Waals surface area (Å²) in [4.78, 5) is 22.4. The van der Waals surface area contributed by atoms with Crippen LogP contribution in [0.3, 0.4) is 0 Å². The van der Waals surface area contributed by atoms with E-state index in [0.717, 1.165) is 5.56 Å². The van der Waals surface area contributed by atoms with Crippen molar-refractivity contribution in [2.75, 3.05) is 0 Å². The van der Waals surface area contributed by atoms with Gasteiger partial charge in [-0.25, -0.2) is 10.9 Å². The van der Waals surface area contributed by atoms with Crippen LogP contribution in [0.15, 0.2) is 59.7 Å². The van der Waals surface area contributed by atoms with Gasteiger partial charge in [0.25, 0.3) is 5.69 Å². The summed E-state index contributed by atoms with van der Waals surface area (Å²) in [6, 6.07) is 14.9. The fraction of sp³-hybridized carbons (Fsp3) is 0.125. The number of hydrogen-bond donors (Lipinski definition) is 4. The number of carbonyl (C=O) groups is 1. The highest BCUT2D eigenvalue weighted by Crippen LogP contribution is 2.14. The number of benzene rings is 2. The number of non-ortho nitro benzene ring substituents is 1. The molecule has 0 aromatic heterocycles. The summed E-state index contributed by atoms with van der Waals surface area (Å²) in [5.74, 6) is -0.201. The van der Waals surface area contributed by atoms with Gasteiger partial charge in [-0.15, -0.1) is 0 Å². The highest BCUT2D eigenvalue weighted by molar-refractivity contribution is 5.84. The van der Waals surface area contributed by atoms with Gasteiger partial charge in [0.15, 0.2) is 6.29 Å². The van der Waals surface area contributed by atoms with E-state index < -0.39 is 17.3 Å². The predicted octanol–water partition coefficient (Wildman–Crippen LogP) is 0.767. The van der Waals surface area contributed by atoms with Gasteiger partial charge in [-0.2, -0.15) is 5.10 Å². The largest absolute Gasteiger partial charge is 0.320 e. The minimum atomic E-state index is -0.609. The zero-order valence-corrected chi connectivity index (χ0v) is 13.0. The van der Waals surface area contributed by atoms with E-state index in [-0.39, 0.29) is 11.6 Å². The first-order valence-corrected chi connectivity index (χ1v) is 7.53. The summed E-state index contributed by atoms with van der Waals surface area (Å²) in [6.07, 6.45) is 0.826. The van der Waals surface area contributed by atoms with Crippen molar-refractivity contribution in [3.05, 3.63) is 75.8 Å². The Bertz CT molecular complexity index is 795. The second kappa shape index (κ2) is 7.51. The van der Waals surface area contributed by atoms with Crippen molar-refractivity contribution in [1.82, 2.24) is 21.6 Å². The van der Waals surface area contributed by atoms with Gasteiger partial charge in [-0.05, 0) is 5.56 Å². The number of hydrazone groups is 1. The number of amides is 1. The first kappa shape index (κ1) is 16.6. The van der Waals surface area contributed by atoms with E-state index in [1.165, 1.54) is 18.3 Å². The molecule has 1 heterocycles. The Balaban J connectivity index is 1.56. The van der Waals surface area contributed by atoms with Crippen LogP contribution in [-0.4, -0.2) is 23.3 Å². The van der Waals surface area contributed by atoms with Crippen LogP contribution in [-0.2, 0) is 4.79 Å². The fourth-order valence-electron chi connectivity index (χ4n) is 2.34. The maximum atomic E-state index is 12.2. The molecule has 1 amide bonds. The summed E-state index contributed by atoms with van der Waals surface area (Å²) in [7, 11) is 0. The number of nitro groups is 1. The first-order valence-electron chi connectivity index (χ1n) is 7.53. The van der Waals surface area contributed by atoms with E-state index in [1.807, 2.05) is 30.3 Å². The smallest absolute Gasteiger partial charge is 0.270 e. The van der Waals surface area contributed by atoms with E-state index >= 15 is 0 Å². The van der Waals surface area contributed by atoms with Gasteiger partial charge in [0.1, 0.15) is 6.04 Å². The molecule has 2 aromatic rings. The third kappa shape index (κ3) is 4.16. The lowest BCUT2D eigenvalue weighted by Gasteiger charge is -2.31. The molecule has 0 radical (unpaired) electrons. The average Bonchev–Trinajstić information content (AvgIpc) is 2.63. The molecular weight excluding hydrogens is 324 g/mol. The zero-order chi connectivity index (χ0) is 17.6. The third-order valence-electron chi connectivity index (χ3n) is 3.55. The fourth-order valence-corrected chi connectivity index (χ4v) is 2.34. The lowest BCUT2D eigenvalue weighted by molar-refractivity contribution is -0.384. The molecule has 4 N–H and O–H groups in total. The maximum Gasteiger partial charge on any atom is 0.270 e. The Morgan fingerprint density at radius 3 is 2.64 bits per heavy atom. The molecule has 3 rings (SSSR count). The number of nitrogens with one attached hydrogen (secondary N) is 4. The highest BCUT2D eigenvalue weighted by Gasteiger charge is 2.27. The van der Waals surface area contributed by atoms with Crippen molar-refractivity contribution in [3.8, 4) is 0 Å². The number of carbonyl (C=O) groups excluding carboxylic acids is 1. The van der Waals surface area contributed by atoms with E-state index in [2.05, 4.69) is 26.7 Å². The van der Waals surface area contributed by atoms with E-state index in [1.54, 1.807) is 12.1 Å². The Kier molecular flexibility index (Phi) is 4.97. The molecule has 0 spiro atoms. The molecule has 1 fully saturated rings. The molecule has 9 nitrogen and oxygen atoms in total. The second-order valence-electron chi connectivity index (χ2n) is 5.31. The molecule has 0 aliphatic carbocycles. The van der Waals surface area contributed by atoms with Crippen LogP contribution in [0.5, 0.6) is 0 Å². The lowest BCUT2D eigenvalue weighted by atomic mass is 10.1. The van der Waals surface area contributed by atoms with Crippen molar-refractivity contribution >= 4 is 17.8 Å². The van der Waals surface area contributed by atoms with Crippen LogP contribution in [0.25, 0.3) is 0 Å². The second-order valence-corrected chi connectivity index (χ2v) is 5.31. The summed E-state index contributed by atoms with van der Waals surface area (Å²) in [5, 5.41) is 17.5. The molecule has 128 valence electrons. The molecule has 2 aromatic carbocycles. The molecule has 2 unspecified atom stereocenters. The average molecular weight is 340 g/mol. The van der Waals surface area contributed by atoms with Gasteiger partial charge in [-0.3, -0.25) is 20.3 Å². The van der Waals surface area contributed by atoms with Crippen molar-refractivity contribution < 1.29 is 9.72 Å². The lowest BCUT2D eigenvalue weighted by Crippen LogP contribution is -2.65. The monoisotopic (exact) mass is 340 g/mol. The van der Waals surface area contributed by atoms with Crippen LogP contribution in [0, 0.1) is 10.1 Å². The molecule has 25 heavy (non-hydrogen) atoms. The minimum absolute atomic E-state index is 0.0135. The third-order valence-corrected chi connectivity index (χ3v) is 3.55. The molecule has 1 aliphatic rings. The topological polar surface area (TPSA) is 121 Å². The van der Waals surface area contributed by atoms with Gasteiger partial charge in [0, 0.05) is 17.7 Å². The number of nitrogens with zero attached hydrogens (tertiary/aromatic N) is 2. The van der Waals surface area contributed by atoms with Crippen LogP contribution < -0.4 is 21.6 Å². The zero-order valence-electron chi connectivity index (χ0n) is 13.0. The van der Waals surface area contributed by atoms with Gasteiger partial charge in [0.2, 0.25) is 5.91 Å². The van der Waals surface area contributed by atoms with Crippen molar-refractivity contribution in [3.63, 3.8) is 0 Å². The number of hydrazine groups is 1. The van der Waals surface area contributed by atoms with Gasteiger partial charge >= 0.3 is 0 Å². The Hall–Kier alpha value is -3.30. The van der Waals surface area contributed by atoms with Crippen molar-refractivity contribution in [2.45, 2.75) is 12.3 Å². The molecule has 2 atom stereocenters. The quantitative estimate of drug-likeness (QED) is 0.362. The number of hydrogen-bond acceptors (Lipinski definition) is 7. The van der Waals surface area contributed by atoms with Gasteiger partial charge in [0.05, 0.1) is 11.1 Å². The SMILES string of the molecule is O=C1NC(N/N=C/c2cccc([N+](=O)[O-])c2)NNC1c1ccccc1. The predicted molar refractivity (Wildman–Crippen MR) is 91.2 cm³/mol. The van der Waals surface area contributed by atoms with Crippen LogP contribution in [0.2, 0.25) is 0 Å². The molecule has 1 saturated heterocycles. The number of rotatable bonds is 5. The van der Waals surface area contributed by atoms with Crippen LogP contribution in [0.4, 0.5) is 5.69 Å². The summed E-state index contributed by atoms with van der Waals surface area (Å²) >= 11 is 0. The summed E-state index contributed by atoms with van der Waals surface area (Å²) < 4.78 is 0. The molecule has 0 bridgehead atoms. The highest BCUT2D eigenvalue weighted by atomic mass is 16.6. The number of nitro benzene ring substituents is 1. The molecule has 1 aliphatic heterocycles. The van der Waals surface area contributed by atoms with E-state index in [9.17, 15) is 14.9 Å². The minimum Gasteiger partial charge on any atom is -0.320 e. The standard InChI is InChI=1S/C16H16N6O3/c23-15-14(12-6-2-1-3-7-12)19-21-16(18-15)20-17-10-11-5-4-8-13(9-11)22(24)25/h1-10,14,16,19-21H,(H,18,23)/b17-10+. The van der Waals surface area contributed by atoms with Gasteiger partial charge in [-0.1, -0.05) is 42.5 Å². The summed E-state index contributed by atoms with van der Waals surface area (Å²) in [5.41, 5.74) is 9.93. The van der Waals surface area contributed by atoms with E-state index in [4.69, 9.17) is 0 Å². The molecule has 9 heteroatoms. The van der Waals surface area contributed by atoms with Gasteiger partial charge < -0.3 is 5.32 Å². The van der Waals surface area contributed by atoms with Crippen molar-refractivity contribution in [1.29, 1.82) is 0 Å². The maximum absolute atomic E-state index is 12.2. The molecule has 0 saturated carbocycles. The van der Waals surface area contributed by atoms with Crippen LogP contribution >= 0.6 is 0 Å². The van der Waals surface area contributed by atoms with Crippen molar-refractivity contribution in [2.24, 2.45) is 5.10 Å². The van der Waals surface area contributed by atoms with E-state index in [0.29, 0.717) is 5.56 Å².